The number of hydrogen-bond acceptors (Lipinski definition) is 3. The maximum Gasteiger partial charge on any atom is 0.328 e. The fourth-order valence-corrected chi connectivity index (χ4v) is 2.03. The molecule has 1 unspecified atom stereocenters. The maximum atomic E-state index is 11.7. The lowest BCUT2D eigenvalue weighted by Gasteiger charge is -2.22. The standard InChI is InChI=1S/C9H16N2O2S/c1-4-5-10-7(12)8(14)11(6(2)3)9(10)13/h6,8,14H,4-5H2,1-3H3. The summed E-state index contributed by atoms with van der Waals surface area (Å²) in [7, 11) is 0. The second-order valence-corrected chi connectivity index (χ2v) is 4.14. The van der Waals surface area contributed by atoms with Crippen molar-refractivity contribution >= 4 is 24.6 Å². The Morgan fingerprint density at radius 2 is 2.00 bits per heavy atom. The Bertz CT molecular complexity index is 255. The zero-order valence-electron chi connectivity index (χ0n) is 8.73. The number of amides is 3. The Morgan fingerprint density at radius 3 is 2.36 bits per heavy atom. The summed E-state index contributed by atoms with van der Waals surface area (Å²) in [5, 5.41) is -0.603. The normalized spacial score (nSPS) is 22.8. The monoisotopic (exact) mass is 216 g/mol. The minimum absolute atomic E-state index is 0.0100. The summed E-state index contributed by atoms with van der Waals surface area (Å²) in [6.45, 7) is 6.18. The lowest BCUT2D eigenvalue weighted by atomic mass is 10.3. The molecular weight excluding hydrogens is 200 g/mol. The van der Waals surface area contributed by atoms with Gasteiger partial charge >= 0.3 is 6.03 Å². The largest absolute Gasteiger partial charge is 0.328 e. The third kappa shape index (κ3) is 1.73. The Morgan fingerprint density at radius 1 is 1.43 bits per heavy atom. The van der Waals surface area contributed by atoms with Crippen LogP contribution in [-0.4, -0.2) is 39.7 Å². The lowest BCUT2D eigenvalue weighted by Crippen LogP contribution is -2.38. The third-order valence-corrected chi connectivity index (χ3v) is 2.68. The van der Waals surface area contributed by atoms with Gasteiger partial charge in [-0.15, -0.1) is 12.6 Å². The van der Waals surface area contributed by atoms with E-state index in [4.69, 9.17) is 0 Å². The van der Waals surface area contributed by atoms with Crippen LogP contribution in [0.1, 0.15) is 27.2 Å². The molecule has 5 heteroatoms. The second-order valence-electron chi connectivity index (χ2n) is 3.65. The van der Waals surface area contributed by atoms with E-state index in [0.717, 1.165) is 6.42 Å². The van der Waals surface area contributed by atoms with Crippen molar-refractivity contribution in [3.63, 3.8) is 0 Å². The van der Waals surface area contributed by atoms with Crippen molar-refractivity contribution in [2.75, 3.05) is 6.54 Å². The molecule has 4 nitrogen and oxygen atoms in total. The molecule has 0 N–H and O–H groups in total. The van der Waals surface area contributed by atoms with Crippen LogP contribution < -0.4 is 0 Å². The second kappa shape index (κ2) is 4.21. The molecule has 0 spiro atoms. The van der Waals surface area contributed by atoms with Crippen molar-refractivity contribution in [1.29, 1.82) is 0 Å². The zero-order valence-corrected chi connectivity index (χ0v) is 9.62. The number of rotatable bonds is 3. The van der Waals surface area contributed by atoms with E-state index in [1.165, 1.54) is 9.80 Å². The molecule has 14 heavy (non-hydrogen) atoms. The highest BCUT2D eigenvalue weighted by molar-refractivity contribution is 7.81. The Labute approximate surface area is 89.7 Å². The van der Waals surface area contributed by atoms with Gasteiger partial charge in [0.25, 0.3) is 5.91 Å². The van der Waals surface area contributed by atoms with Crippen LogP contribution in [0.15, 0.2) is 0 Å². The van der Waals surface area contributed by atoms with Crippen LogP contribution in [0.3, 0.4) is 0 Å². The number of carbonyl (C=O) groups is 2. The topological polar surface area (TPSA) is 40.6 Å². The van der Waals surface area contributed by atoms with Crippen LogP contribution in [0.25, 0.3) is 0 Å². The lowest BCUT2D eigenvalue weighted by molar-refractivity contribution is -0.126. The average molecular weight is 216 g/mol. The summed E-state index contributed by atoms with van der Waals surface area (Å²) in [6.07, 6.45) is 0.782. The van der Waals surface area contributed by atoms with E-state index < -0.39 is 5.37 Å². The summed E-state index contributed by atoms with van der Waals surface area (Å²) >= 11 is 4.15. The molecule has 3 amide bonds. The maximum absolute atomic E-state index is 11.7. The van der Waals surface area contributed by atoms with Gasteiger partial charge in [0.1, 0.15) is 0 Å². The molecule has 1 fully saturated rings. The predicted molar refractivity (Wildman–Crippen MR) is 57.1 cm³/mol. The fourth-order valence-electron chi connectivity index (χ4n) is 1.53. The highest BCUT2D eigenvalue weighted by Gasteiger charge is 2.43. The van der Waals surface area contributed by atoms with Crippen molar-refractivity contribution in [2.24, 2.45) is 0 Å². The number of nitrogens with zero attached hydrogens (tertiary/aromatic N) is 2. The minimum atomic E-state index is -0.603. The zero-order chi connectivity index (χ0) is 10.9. The van der Waals surface area contributed by atoms with E-state index in [0.29, 0.717) is 6.54 Å². The van der Waals surface area contributed by atoms with Crippen molar-refractivity contribution in [3.8, 4) is 0 Å². The molecule has 1 saturated heterocycles. The van der Waals surface area contributed by atoms with Crippen molar-refractivity contribution in [2.45, 2.75) is 38.6 Å². The van der Waals surface area contributed by atoms with Crippen LogP contribution in [-0.2, 0) is 4.79 Å². The van der Waals surface area contributed by atoms with Gasteiger partial charge in [0.05, 0.1) is 0 Å². The Balaban J connectivity index is 2.85. The minimum Gasteiger partial charge on any atom is -0.301 e. The Hall–Kier alpha value is -0.710. The molecular formula is C9H16N2O2S. The van der Waals surface area contributed by atoms with Crippen molar-refractivity contribution < 1.29 is 9.59 Å². The molecule has 0 aliphatic carbocycles. The third-order valence-electron chi connectivity index (χ3n) is 2.21. The van der Waals surface area contributed by atoms with E-state index in [-0.39, 0.29) is 18.0 Å². The summed E-state index contributed by atoms with van der Waals surface area (Å²) in [4.78, 5) is 26.1. The van der Waals surface area contributed by atoms with Gasteiger partial charge in [0.2, 0.25) is 0 Å². The van der Waals surface area contributed by atoms with Gasteiger partial charge in [-0.05, 0) is 20.3 Å². The SMILES string of the molecule is CCCN1C(=O)C(S)N(C(C)C)C1=O. The van der Waals surface area contributed by atoms with E-state index in [1.807, 2.05) is 20.8 Å². The number of urea groups is 1. The molecule has 0 aromatic rings. The molecule has 1 atom stereocenters. The van der Waals surface area contributed by atoms with Crippen molar-refractivity contribution in [1.82, 2.24) is 9.80 Å². The van der Waals surface area contributed by atoms with Crippen molar-refractivity contribution in [3.05, 3.63) is 0 Å². The van der Waals surface area contributed by atoms with Gasteiger partial charge in [0, 0.05) is 12.6 Å². The summed E-state index contributed by atoms with van der Waals surface area (Å²) < 4.78 is 0. The average Bonchev–Trinajstić information content (AvgIpc) is 2.30. The molecule has 1 heterocycles. The van der Waals surface area contributed by atoms with Crippen LogP contribution >= 0.6 is 12.6 Å². The molecule has 0 saturated carbocycles. The predicted octanol–water partition coefficient (Wildman–Crippen LogP) is 1.32. The first kappa shape index (κ1) is 11.4. The fraction of sp³-hybridized carbons (Fsp3) is 0.778. The first-order valence-corrected chi connectivity index (χ1v) is 5.34. The van der Waals surface area contributed by atoms with Crippen LogP contribution in [0, 0.1) is 0 Å². The summed E-state index contributed by atoms with van der Waals surface area (Å²) in [6, 6.07) is -0.206. The smallest absolute Gasteiger partial charge is 0.301 e. The molecule has 1 aliphatic heterocycles. The first-order chi connectivity index (χ1) is 6.50. The molecule has 80 valence electrons. The van der Waals surface area contributed by atoms with E-state index >= 15 is 0 Å². The first-order valence-electron chi connectivity index (χ1n) is 4.82. The molecule has 0 aromatic heterocycles. The van der Waals surface area contributed by atoms with Gasteiger partial charge in [-0.2, -0.15) is 0 Å². The van der Waals surface area contributed by atoms with E-state index in [2.05, 4.69) is 12.6 Å². The van der Waals surface area contributed by atoms with Gasteiger partial charge < -0.3 is 4.90 Å². The quantitative estimate of drug-likeness (QED) is 0.571. The van der Waals surface area contributed by atoms with Crippen LogP contribution in [0.2, 0.25) is 0 Å². The van der Waals surface area contributed by atoms with Gasteiger partial charge in [0.15, 0.2) is 5.37 Å². The highest BCUT2D eigenvalue weighted by Crippen LogP contribution is 2.22. The molecule has 0 bridgehead atoms. The van der Waals surface area contributed by atoms with Gasteiger partial charge in [-0.1, -0.05) is 6.92 Å². The van der Waals surface area contributed by atoms with E-state index in [1.54, 1.807) is 0 Å². The molecule has 1 rings (SSSR count). The molecule has 0 aromatic carbocycles. The van der Waals surface area contributed by atoms with E-state index in [9.17, 15) is 9.59 Å². The van der Waals surface area contributed by atoms with Crippen LogP contribution in [0.5, 0.6) is 0 Å². The molecule has 0 radical (unpaired) electrons. The summed E-state index contributed by atoms with van der Waals surface area (Å²) in [5.74, 6) is -0.200. The Kier molecular flexibility index (Phi) is 3.42. The van der Waals surface area contributed by atoms with Gasteiger partial charge in [-0.25, -0.2) is 4.79 Å². The molecule has 1 aliphatic rings. The summed E-state index contributed by atoms with van der Waals surface area (Å²) in [5.41, 5.74) is 0. The number of thiol groups is 1. The number of hydrogen-bond donors (Lipinski definition) is 1. The van der Waals surface area contributed by atoms with Crippen LogP contribution in [0.4, 0.5) is 4.79 Å². The van der Waals surface area contributed by atoms with Gasteiger partial charge in [-0.3, -0.25) is 9.69 Å². The number of carbonyl (C=O) groups excluding carboxylic acids is 2. The number of imide groups is 1. The highest BCUT2D eigenvalue weighted by atomic mass is 32.1.